The maximum atomic E-state index is 9.42. The van der Waals surface area contributed by atoms with E-state index in [0.29, 0.717) is 11.3 Å². The van der Waals surface area contributed by atoms with Gasteiger partial charge in [-0.3, -0.25) is 0 Å². The summed E-state index contributed by atoms with van der Waals surface area (Å²) < 4.78 is 0. The Hall–Kier alpha value is -0.510. The smallest absolute Gasteiger partial charge is 0.0692 e. The van der Waals surface area contributed by atoms with Gasteiger partial charge in [-0.25, -0.2) is 0 Å². The molecule has 1 nitrogen and oxygen atoms in total. The Morgan fingerprint density at radius 3 is 2.36 bits per heavy atom. The molecular formula is C13H21N. The molecule has 0 bridgehead atoms. The molecule has 0 heterocycles. The van der Waals surface area contributed by atoms with Crippen molar-refractivity contribution in [1.29, 1.82) is 5.26 Å². The molecule has 0 radical (unpaired) electrons. The van der Waals surface area contributed by atoms with Crippen LogP contribution in [0.5, 0.6) is 0 Å². The molecule has 78 valence electrons. The molecule has 1 heteroatoms. The first-order chi connectivity index (χ1) is 6.60. The summed E-state index contributed by atoms with van der Waals surface area (Å²) in [4.78, 5) is 0. The van der Waals surface area contributed by atoms with E-state index in [9.17, 15) is 5.26 Å². The molecule has 2 atom stereocenters. The zero-order valence-electron chi connectivity index (χ0n) is 9.47. The minimum Gasteiger partial charge on any atom is -0.198 e. The predicted octanol–water partition coefficient (Wildman–Crippen LogP) is 3.90. The van der Waals surface area contributed by atoms with Crippen LogP contribution in [0.3, 0.4) is 0 Å². The van der Waals surface area contributed by atoms with Gasteiger partial charge < -0.3 is 0 Å². The fourth-order valence-electron chi connectivity index (χ4n) is 3.43. The van der Waals surface area contributed by atoms with E-state index >= 15 is 0 Å². The Balaban J connectivity index is 2.09. The third-order valence-corrected chi connectivity index (χ3v) is 4.73. The van der Waals surface area contributed by atoms with E-state index in [4.69, 9.17) is 0 Å². The van der Waals surface area contributed by atoms with E-state index < -0.39 is 0 Å². The highest BCUT2D eigenvalue weighted by molar-refractivity contribution is 5.08. The minimum absolute atomic E-state index is 0.0369. The van der Waals surface area contributed by atoms with Gasteiger partial charge in [0.2, 0.25) is 0 Å². The number of hydrogen-bond acceptors (Lipinski definition) is 1. The molecule has 0 aliphatic heterocycles. The number of nitriles is 1. The standard InChI is InChI=1S/C13H21N/c1-11-5-3-8-13(11,10-14)9-12(2)6-4-7-12/h11H,3-9H2,1-2H3. The van der Waals surface area contributed by atoms with E-state index in [1.54, 1.807) is 0 Å². The quantitative estimate of drug-likeness (QED) is 0.649. The van der Waals surface area contributed by atoms with Gasteiger partial charge in [-0.1, -0.05) is 26.7 Å². The fraction of sp³-hybridized carbons (Fsp3) is 0.923. The average Bonchev–Trinajstić information content (AvgIpc) is 2.46. The molecule has 0 saturated heterocycles. The topological polar surface area (TPSA) is 23.8 Å². The zero-order valence-corrected chi connectivity index (χ0v) is 9.47. The van der Waals surface area contributed by atoms with E-state index in [2.05, 4.69) is 19.9 Å². The monoisotopic (exact) mass is 191 g/mol. The van der Waals surface area contributed by atoms with E-state index in [1.165, 1.54) is 32.1 Å². The third-order valence-electron chi connectivity index (χ3n) is 4.73. The average molecular weight is 191 g/mol. The summed E-state index contributed by atoms with van der Waals surface area (Å²) in [5, 5.41) is 9.42. The number of hydrogen-bond donors (Lipinski definition) is 0. The van der Waals surface area contributed by atoms with Crippen LogP contribution >= 0.6 is 0 Å². The summed E-state index contributed by atoms with van der Waals surface area (Å²) >= 11 is 0. The Morgan fingerprint density at radius 1 is 1.29 bits per heavy atom. The third kappa shape index (κ3) is 1.45. The van der Waals surface area contributed by atoms with Gasteiger partial charge in [0.25, 0.3) is 0 Å². The lowest BCUT2D eigenvalue weighted by molar-refractivity contribution is 0.0768. The van der Waals surface area contributed by atoms with Gasteiger partial charge in [-0.2, -0.15) is 5.26 Å². The van der Waals surface area contributed by atoms with Gasteiger partial charge >= 0.3 is 0 Å². The zero-order chi connectivity index (χ0) is 10.2. The second kappa shape index (κ2) is 3.26. The van der Waals surface area contributed by atoms with Gasteiger partial charge in [0.1, 0.15) is 0 Å². The van der Waals surface area contributed by atoms with Gasteiger partial charge in [0.05, 0.1) is 11.5 Å². The largest absolute Gasteiger partial charge is 0.198 e. The summed E-state index contributed by atoms with van der Waals surface area (Å²) in [7, 11) is 0. The van der Waals surface area contributed by atoms with Crippen LogP contribution < -0.4 is 0 Å². The molecule has 2 unspecified atom stereocenters. The predicted molar refractivity (Wildman–Crippen MR) is 57.6 cm³/mol. The summed E-state index contributed by atoms with van der Waals surface area (Å²) in [5.74, 6) is 0.630. The van der Waals surface area contributed by atoms with Crippen LogP contribution in [0.25, 0.3) is 0 Å². The van der Waals surface area contributed by atoms with Gasteiger partial charge in [-0.15, -0.1) is 0 Å². The lowest BCUT2D eigenvalue weighted by Gasteiger charge is -2.44. The van der Waals surface area contributed by atoms with Gasteiger partial charge in [0, 0.05) is 0 Å². The molecule has 2 fully saturated rings. The Bertz CT molecular complexity index is 259. The normalized spacial score (nSPS) is 40.2. The molecule has 2 saturated carbocycles. The van der Waals surface area contributed by atoms with Crippen LogP contribution in [0.4, 0.5) is 0 Å². The molecule has 2 aliphatic carbocycles. The van der Waals surface area contributed by atoms with Crippen LogP contribution in [0, 0.1) is 28.1 Å². The van der Waals surface area contributed by atoms with E-state index in [1.807, 2.05) is 0 Å². The molecule has 2 rings (SSSR count). The molecule has 0 aromatic carbocycles. The first-order valence-corrected chi connectivity index (χ1v) is 6.02. The second-order valence-electron chi connectivity index (χ2n) is 5.90. The fourth-order valence-corrected chi connectivity index (χ4v) is 3.43. The molecule has 0 aromatic heterocycles. The highest BCUT2D eigenvalue weighted by atomic mass is 14.5. The van der Waals surface area contributed by atoms with E-state index in [-0.39, 0.29) is 5.41 Å². The number of rotatable bonds is 2. The van der Waals surface area contributed by atoms with Crippen molar-refractivity contribution in [3.05, 3.63) is 0 Å². The van der Waals surface area contributed by atoms with Crippen LogP contribution in [-0.2, 0) is 0 Å². The Kier molecular flexibility index (Phi) is 2.33. The van der Waals surface area contributed by atoms with Crippen molar-refractivity contribution in [3.8, 4) is 6.07 Å². The lowest BCUT2D eigenvalue weighted by Crippen LogP contribution is -2.35. The first-order valence-electron chi connectivity index (χ1n) is 6.02. The maximum absolute atomic E-state index is 9.42. The van der Waals surface area contributed by atoms with Crippen molar-refractivity contribution in [3.63, 3.8) is 0 Å². The van der Waals surface area contributed by atoms with Gasteiger partial charge in [0.15, 0.2) is 0 Å². The maximum Gasteiger partial charge on any atom is 0.0692 e. The minimum atomic E-state index is 0.0369. The van der Waals surface area contributed by atoms with Crippen molar-refractivity contribution < 1.29 is 0 Å². The van der Waals surface area contributed by atoms with Crippen molar-refractivity contribution >= 4 is 0 Å². The highest BCUT2D eigenvalue weighted by Crippen LogP contribution is 2.55. The summed E-state index contributed by atoms with van der Waals surface area (Å²) in [6.45, 7) is 4.65. The second-order valence-corrected chi connectivity index (χ2v) is 5.90. The summed E-state index contributed by atoms with van der Waals surface area (Å²) in [6, 6.07) is 2.65. The molecule has 2 aliphatic rings. The molecule has 14 heavy (non-hydrogen) atoms. The lowest BCUT2D eigenvalue weighted by atomic mass is 9.60. The van der Waals surface area contributed by atoms with Crippen molar-refractivity contribution in [2.45, 2.75) is 58.8 Å². The van der Waals surface area contributed by atoms with Crippen LogP contribution in [0.2, 0.25) is 0 Å². The molecule has 0 amide bonds. The Labute approximate surface area is 87.5 Å². The summed E-state index contributed by atoms with van der Waals surface area (Å²) in [6.07, 6.45) is 8.94. The van der Waals surface area contributed by atoms with Crippen molar-refractivity contribution in [2.75, 3.05) is 0 Å². The summed E-state index contributed by atoms with van der Waals surface area (Å²) in [5.41, 5.74) is 0.545. The van der Waals surface area contributed by atoms with Crippen LogP contribution in [0.1, 0.15) is 58.8 Å². The van der Waals surface area contributed by atoms with Crippen LogP contribution in [-0.4, -0.2) is 0 Å². The number of nitrogens with zero attached hydrogens (tertiary/aromatic N) is 1. The molecular weight excluding hydrogens is 170 g/mol. The van der Waals surface area contributed by atoms with Gasteiger partial charge in [-0.05, 0) is 43.4 Å². The molecule has 0 aromatic rings. The van der Waals surface area contributed by atoms with Crippen LogP contribution in [0.15, 0.2) is 0 Å². The molecule has 0 spiro atoms. The first kappa shape index (κ1) is 10.0. The molecule has 0 N–H and O–H groups in total. The van der Waals surface area contributed by atoms with Crippen molar-refractivity contribution in [1.82, 2.24) is 0 Å². The SMILES string of the molecule is CC1CCCC1(C#N)CC1(C)CCC1. The highest BCUT2D eigenvalue weighted by Gasteiger charge is 2.47. The van der Waals surface area contributed by atoms with Crippen molar-refractivity contribution in [2.24, 2.45) is 16.7 Å². The van der Waals surface area contributed by atoms with E-state index in [0.717, 1.165) is 12.8 Å². The Morgan fingerprint density at radius 2 is 2.00 bits per heavy atom.